The summed E-state index contributed by atoms with van der Waals surface area (Å²) in [5, 5.41) is 0. The van der Waals surface area contributed by atoms with Crippen molar-refractivity contribution < 1.29 is 0 Å². The number of rotatable bonds is 0. The van der Waals surface area contributed by atoms with Crippen molar-refractivity contribution in [2.24, 2.45) is 17.8 Å². The van der Waals surface area contributed by atoms with Crippen molar-refractivity contribution in [1.29, 1.82) is 0 Å². The fourth-order valence-electron chi connectivity index (χ4n) is 3.47. The van der Waals surface area contributed by atoms with Gasteiger partial charge in [0.2, 0.25) is 0 Å². The summed E-state index contributed by atoms with van der Waals surface area (Å²) in [4.78, 5) is 0. The van der Waals surface area contributed by atoms with Crippen LogP contribution in [0.25, 0.3) is 0 Å². The molecule has 13 heavy (non-hydrogen) atoms. The normalized spacial score (nSPS) is 42.5. The Kier molecular flexibility index (Phi) is 1.81. The standard InChI is InChI=1S/C13H18/c1-2-6-12-10(4-1)8-9-11-5-3-7-13(11)12/h6,8-11,13H,1-5,7H2. The van der Waals surface area contributed by atoms with Crippen LogP contribution in [-0.2, 0) is 0 Å². The van der Waals surface area contributed by atoms with Gasteiger partial charge in [0.05, 0.1) is 0 Å². The van der Waals surface area contributed by atoms with E-state index >= 15 is 0 Å². The van der Waals surface area contributed by atoms with E-state index in [-0.39, 0.29) is 0 Å². The average Bonchev–Trinajstić information content (AvgIpc) is 2.65. The minimum absolute atomic E-state index is 0.841. The van der Waals surface area contributed by atoms with Crippen molar-refractivity contribution >= 4 is 0 Å². The number of hydrogen-bond donors (Lipinski definition) is 0. The monoisotopic (exact) mass is 174 g/mol. The molecule has 1 saturated carbocycles. The Morgan fingerprint density at radius 2 is 2.00 bits per heavy atom. The summed E-state index contributed by atoms with van der Waals surface area (Å²) in [5.74, 6) is 2.71. The van der Waals surface area contributed by atoms with Crippen LogP contribution < -0.4 is 0 Å². The summed E-state index contributed by atoms with van der Waals surface area (Å²) in [6.07, 6.45) is 16.1. The van der Waals surface area contributed by atoms with E-state index < -0.39 is 0 Å². The lowest BCUT2D eigenvalue weighted by molar-refractivity contribution is 0.426. The first-order valence-electron chi connectivity index (χ1n) is 5.83. The molecule has 0 amide bonds. The molecule has 0 radical (unpaired) electrons. The van der Waals surface area contributed by atoms with Crippen LogP contribution in [-0.4, -0.2) is 0 Å². The van der Waals surface area contributed by atoms with Gasteiger partial charge in [-0.3, -0.25) is 0 Å². The SMILES string of the molecule is C1=CC2CCCC2C2=CCCCC12. The molecule has 0 aliphatic heterocycles. The molecule has 3 aliphatic carbocycles. The van der Waals surface area contributed by atoms with E-state index in [1.807, 2.05) is 5.57 Å². The van der Waals surface area contributed by atoms with Gasteiger partial charge in [0.1, 0.15) is 0 Å². The predicted molar refractivity (Wildman–Crippen MR) is 55.4 cm³/mol. The highest BCUT2D eigenvalue weighted by Gasteiger charge is 2.34. The molecule has 0 aromatic heterocycles. The molecule has 0 heterocycles. The molecule has 0 N–H and O–H groups in total. The van der Waals surface area contributed by atoms with Crippen molar-refractivity contribution in [2.45, 2.75) is 38.5 Å². The molecule has 0 saturated heterocycles. The van der Waals surface area contributed by atoms with Crippen molar-refractivity contribution in [3.8, 4) is 0 Å². The highest BCUT2D eigenvalue weighted by atomic mass is 14.4. The quantitative estimate of drug-likeness (QED) is 0.491. The molecule has 70 valence electrons. The van der Waals surface area contributed by atoms with Gasteiger partial charge in [-0.15, -0.1) is 0 Å². The molecular weight excluding hydrogens is 156 g/mol. The van der Waals surface area contributed by atoms with Crippen LogP contribution in [0.15, 0.2) is 23.8 Å². The van der Waals surface area contributed by atoms with Gasteiger partial charge in [0.25, 0.3) is 0 Å². The zero-order valence-corrected chi connectivity index (χ0v) is 8.21. The van der Waals surface area contributed by atoms with Crippen molar-refractivity contribution in [1.82, 2.24) is 0 Å². The molecule has 0 nitrogen and oxygen atoms in total. The van der Waals surface area contributed by atoms with Gasteiger partial charge in [-0.1, -0.05) is 30.2 Å². The van der Waals surface area contributed by atoms with Crippen molar-refractivity contribution in [2.75, 3.05) is 0 Å². The van der Waals surface area contributed by atoms with Crippen molar-refractivity contribution in [3.63, 3.8) is 0 Å². The Morgan fingerprint density at radius 1 is 1.00 bits per heavy atom. The first kappa shape index (κ1) is 7.84. The first-order valence-corrected chi connectivity index (χ1v) is 5.83. The number of allylic oxidation sites excluding steroid dienone is 4. The van der Waals surface area contributed by atoms with Crippen molar-refractivity contribution in [3.05, 3.63) is 23.8 Å². The van der Waals surface area contributed by atoms with Crippen LogP contribution in [0, 0.1) is 17.8 Å². The van der Waals surface area contributed by atoms with Crippen LogP contribution in [0.4, 0.5) is 0 Å². The third-order valence-electron chi connectivity index (χ3n) is 4.12. The summed E-state index contributed by atoms with van der Waals surface area (Å²) >= 11 is 0. The largest absolute Gasteiger partial charge is 0.0844 e. The maximum Gasteiger partial charge on any atom is -0.00201 e. The number of hydrogen-bond acceptors (Lipinski definition) is 0. The predicted octanol–water partition coefficient (Wildman–Crippen LogP) is 3.70. The molecule has 0 heteroatoms. The Hall–Kier alpha value is -0.520. The lowest BCUT2D eigenvalue weighted by Gasteiger charge is -2.33. The fourth-order valence-corrected chi connectivity index (χ4v) is 3.47. The fraction of sp³-hybridized carbons (Fsp3) is 0.692. The molecule has 3 unspecified atom stereocenters. The van der Waals surface area contributed by atoms with Gasteiger partial charge in [-0.05, 0) is 49.9 Å². The molecule has 3 atom stereocenters. The Morgan fingerprint density at radius 3 is 3.00 bits per heavy atom. The summed E-state index contributed by atoms with van der Waals surface area (Å²) < 4.78 is 0. The second-order valence-corrected chi connectivity index (χ2v) is 4.83. The smallest absolute Gasteiger partial charge is 0.00201 e. The molecular formula is C13H18. The summed E-state index contributed by atoms with van der Waals surface area (Å²) in [6, 6.07) is 0. The highest BCUT2D eigenvalue weighted by Crippen LogP contribution is 2.46. The van der Waals surface area contributed by atoms with Crippen LogP contribution in [0.3, 0.4) is 0 Å². The molecule has 1 fully saturated rings. The average molecular weight is 174 g/mol. The summed E-state index contributed by atoms with van der Waals surface area (Å²) in [6.45, 7) is 0. The Labute approximate surface area is 80.7 Å². The van der Waals surface area contributed by atoms with Gasteiger partial charge in [-0.25, -0.2) is 0 Å². The molecule has 0 spiro atoms. The minimum Gasteiger partial charge on any atom is -0.0844 e. The van der Waals surface area contributed by atoms with Crippen LogP contribution in [0.1, 0.15) is 38.5 Å². The van der Waals surface area contributed by atoms with Gasteiger partial charge in [-0.2, -0.15) is 0 Å². The number of fused-ring (bicyclic) bond motifs is 3. The van der Waals surface area contributed by atoms with E-state index in [1.165, 1.54) is 38.5 Å². The van der Waals surface area contributed by atoms with Crippen LogP contribution in [0.2, 0.25) is 0 Å². The second kappa shape index (κ2) is 3.01. The van der Waals surface area contributed by atoms with Crippen LogP contribution in [0.5, 0.6) is 0 Å². The molecule has 3 rings (SSSR count). The van der Waals surface area contributed by atoms with Gasteiger partial charge in [0.15, 0.2) is 0 Å². The summed E-state index contributed by atoms with van der Waals surface area (Å²) in [7, 11) is 0. The van der Waals surface area contributed by atoms with E-state index in [1.54, 1.807) is 0 Å². The van der Waals surface area contributed by atoms with E-state index in [2.05, 4.69) is 18.2 Å². The highest BCUT2D eigenvalue weighted by molar-refractivity contribution is 5.26. The van der Waals surface area contributed by atoms with Gasteiger partial charge in [0, 0.05) is 0 Å². The summed E-state index contributed by atoms with van der Waals surface area (Å²) in [5.41, 5.74) is 1.82. The van der Waals surface area contributed by atoms with E-state index in [4.69, 9.17) is 0 Å². The van der Waals surface area contributed by atoms with E-state index in [0.717, 1.165) is 17.8 Å². The zero-order valence-electron chi connectivity index (χ0n) is 8.21. The Bertz CT molecular complexity index is 259. The molecule has 0 bridgehead atoms. The van der Waals surface area contributed by atoms with Gasteiger partial charge < -0.3 is 0 Å². The van der Waals surface area contributed by atoms with Crippen LogP contribution >= 0.6 is 0 Å². The lowest BCUT2D eigenvalue weighted by Crippen LogP contribution is -2.21. The second-order valence-electron chi connectivity index (χ2n) is 4.83. The van der Waals surface area contributed by atoms with E-state index in [0.29, 0.717) is 0 Å². The maximum atomic E-state index is 2.56. The Balaban J connectivity index is 1.95. The third kappa shape index (κ3) is 1.19. The van der Waals surface area contributed by atoms with Gasteiger partial charge >= 0.3 is 0 Å². The zero-order chi connectivity index (χ0) is 8.67. The first-order chi connectivity index (χ1) is 6.45. The molecule has 0 aromatic carbocycles. The maximum absolute atomic E-state index is 2.56. The topological polar surface area (TPSA) is 0 Å². The minimum atomic E-state index is 0.841. The molecule has 0 aromatic rings. The third-order valence-corrected chi connectivity index (χ3v) is 4.12. The van der Waals surface area contributed by atoms with E-state index in [9.17, 15) is 0 Å². The lowest BCUT2D eigenvalue weighted by atomic mass is 9.72. The molecule has 3 aliphatic rings.